The summed E-state index contributed by atoms with van der Waals surface area (Å²) in [5, 5.41) is 0. The van der Waals surface area contributed by atoms with E-state index in [1.165, 1.54) is 0 Å². The Labute approximate surface area is 84.3 Å². The van der Waals surface area contributed by atoms with Gasteiger partial charge in [-0.25, -0.2) is 4.98 Å². The van der Waals surface area contributed by atoms with Crippen LogP contribution in [0.1, 0.15) is 25.3 Å². The van der Waals surface area contributed by atoms with E-state index < -0.39 is 0 Å². The van der Waals surface area contributed by atoms with Crippen LogP contribution in [-0.4, -0.2) is 12.1 Å². The maximum atomic E-state index is 6.23. The number of nitrogens with zero attached hydrogens (tertiary/aromatic N) is 1. The predicted octanol–water partition coefficient (Wildman–Crippen LogP) is 1.67. The Morgan fingerprint density at radius 3 is 2.86 bits per heavy atom. The third kappa shape index (κ3) is 1.38. The lowest BCUT2D eigenvalue weighted by atomic mass is 10.0. The predicted molar refractivity (Wildman–Crippen MR) is 55.1 cm³/mol. The van der Waals surface area contributed by atoms with Gasteiger partial charge in [-0.05, 0) is 17.9 Å². The molecule has 0 amide bonds. The SMILES string of the molecule is CCC1CC1(N)c1ccc(OC)nc1. The van der Waals surface area contributed by atoms with Crippen molar-refractivity contribution in [2.24, 2.45) is 11.7 Å². The molecule has 2 unspecified atom stereocenters. The molecule has 1 aromatic rings. The molecule has 0 radical (unpaired) electrons. The van der Waals surface area contributed by atoms with Crippen LogP contribution >= 0.6 is 0 Å². The van der Waals surface area contributed by atoms with Gasteiger partial charge in [0.05, 0.1) is 7.11 Å². The Morgan fingerprint density at radius 1 is 1.64 bits per heavy atom. The lowest BCUT2D eigenvalue weighted by Gasteiger charge is -2.11. The first-order valence-corrected chi connectivity index (χ1v) is 5.00. The first-order valence-electron chi connectivity index (χ1n) is 5.00. The van der Waals surface area contributed by atoms with Crippen molar-refractivity contribution in [3.8, 4) is 5.88 Å². The summed E-state index contributed by atoms with van der Waals surface area (Å²) in [6, 6.07) is 3.89. The van der Waals surface area contributed by atoms with Crippen LogP contribution in [0.3, 0.4) is 0 Å². The second-order valence-electron chi connectivity index (χ2n) is 3.94. The maximum absolute atomic E-state index is 6.23. The fourth-order valence-electron chi connectivity index (χ4n) is 1.99. The van der Waals surface area contributed by atoms with Crippen molar-refractivity contribution in [2.75, 3.05) is 7.11 Å². The van der Waals surface area contributed by atoms with Crippen LogP contribution in [0.4, 0.5) is 0 Å². The maximum Gasteiger partial charge on any atom is 0.212 e. The van der Waals surface area contributed by atoms with Crippen molar-refractivity contribution in [2.45, 2.75) is 25.3 Å². The van der Waals surface area contributed by atoms with Crippen LogP contribution in [0.5, 0.6) is 5.88 Å². The molecule has 1 heterocycles. The number of nitrogens with two attached hydrogens (primary N) is 1. The molecular formula is C11H16N2O. The van der Waals surface area contributed by atoms with Gasteiger partial charge in [0, 0.05) is 17.8 Å². The molecule has 2 rings (SSSR count). The van der Waals surface area contributed by atoms with E-state index in [0.717, 1.165) is 18.4 Å². The monoisotopic (exact) mass is 192 g/mol. The van der Waals surface area contributed by atoms with E-state index in [2.05, 4.69) is 11.9 Å². The Kier molecular flexibility index (Phi) is 2.19. The molecule has 1 aromatic heterocycles. The molecule has 2 N–H and O–H groups in total. The van der Waals surface area contributed by atoms with Crippen LogP contribution in [0, 0.1) is 5.92 Å². The number of pyridine rings is 1. The van der Waals surface area contributed by atoms with Gasteiger partial charge in [-0.1, -0.05) is 19.4 Å². The highest BCUT2D eigenvalue weighted by molar-refractivity contribution is 5.31. The minimum Gasteiger partial charge on any atom is -0.481 e. The topological polar surface area (TPSA) is 48.1 Å². The number of hydrogen-bond acceptors (Lipinski definition) is 3. The molecule has 3 nitrogen and oxygen atoms in total. The number of hydrogen-bond donors (Lipinski definition) is 1. The molecule has 14 heavy (non-hydrogen) atoms. The van der Waals surface area contributed by atoms with Crippen molar-refractivity contribution >= 4 is 0 Å². The highest BCUT2D eigenvalue weighted by atomic mass is 16.5. The van der Waals surface area contributed by atoms with E-state index in [1.807, 2.05) is 18.3 Å². The van der Waals surface area contributed by atoms with Crippen LogP contribution < -0.4 is 10.5 Å². The third-order valence-electron chi connectivity index (χ3n) is 3.13. The summed E-state index contributed by atoms with van der Waals surface area (Å²) in [6.07, 6.45) is 4.05. The zero-order valence-corrected chi connectivity index (χ0v) is 8.66. The second kappa shape index (κ2) is 3.24. The molecule has 1 aliphatic carbocycles. The van der Waals surface area contributed by atoms with Crippen molar-refractivity contribution < 1.29 is 4.74 Å². The molecular weight excluding hydrogens is 176 g/mol. The van der Waals surface area contributed by atoms with E-state index in [9.17, 15) is 0 Å². The molecule has 0 aromatic carbocycles. The molecule has 1 saturated carbocycles. The van der Waals surface area contributed by atoms with Gasteiger partial charge in [0.2, 0.25) is 5.88 Å². The van der Waals surface area contributed by atoms with Gasteiger partial charge in [0.15, 0.2) is 0 Å². The quantitative estimate of drug-likeness (QED) is 0.792. The average molecular weight is 192 g/mol. The van der Waals surface area contributed by atoms with Crippen molar-refractivity contribution in [1.82, 2.24) is 4.98 Å². The van der Waals surface area contributed by atoms with E-state index >= 15 is 0 Å². The summed E-state index contributed by atoms with van der Waals surface area (Å²) in [5.41, 5.74) is 7.25. The minimum absolute atomic E-state index is 0.117. The van der Waals surface area contributed by atoms with E-state index in [1.54, 1.807) is 7.11 Å². The number of ether oxygens (including phenoxy) is 1. The smallest absolute Gasteiger partial charge is 0.212 e. The van der Waals surface area contributed by atoms with Gasteiger partial charge in [0.25, 0.3) is 0 Å². The molecule has 3 heteroatoms. The van der Waals surface area contributed by atoms with Gasteiger partial charge >= 0.3 is 0 Å². The fourth-order valence-corrected chi connectivity index (χ4v) is 1.99. The van der Waals surface area contributed by atoms with E-state index in [0.29, 0.717) is 11.8 Å². The molecule has 1 aliphatic rings. The summed E-state index contributed by atoms with van der Waals surface area (Å²) in [5.74, 6) is 1.27. The first kappa shape index (κ1) is 9.46. The zero-order chi connectivity index (χ0) is 10.2. The molecule has 0 saturated heterocycles. The molecule has 0 bridgehead atoms. The van der Waals surface area contributed by atoms with Crippen LogP contribution in [0.2, 0.25) is 0 Å². The Bertz CT molecular complexity index is 323. The normalized spacial score (nSPS) is 30.1. The van der Waals surface area contributed by atoms with Crippen molar-refractivity contribution in [3.05, 3.63) is 23.9 Å². The summed E-state index contributed by atoms with van der Waals surface area (Å²) in [4.78, 5) is 4.17. The summed E-state index contributed by atoms with van der Waals surface area (Å²) < 4.78 is 5.00. The lowest BCUT2D eigenvalue weighted by molar-refractivity contribution is 0.397. The lowest BCUT2D eigenvalue weighted by Crippen LogP contribution is -2.22. The third-order valence-corrected chi connectivity index (χ3v) is 3.13. The fraction of sp³-hybridized carbons (Fsp3) is 0.545. The van der Waals surface area contributed by atoms with E-state index in [-0.39, 0.29) is 5.54 Å². The Balaban J connectivity index is 2.18. The number of aromatic nitrogens is 1. The van der Waals surface area contributed by atoms with Gasteiger partial charge in [-0.15, -0.1) is 0 Å². The van der Waals surface area contributed by atoms with Gasteiger partial charge in [0.1, 0.15) is 0 Å². The highest BCUT2D eigenvalue weighted by Gasteiger charge is 2.50. The van der Waals surface area contributed by atoms with Crippen molar-refractivity contribution in [1.29, 1.82) is 0 Å². The summed E-state index contributed by atoms with van der Waals surface area (Å²) >= 11 is 0. The zero-order valence-electron chi connectivity index (χ0n) is 8.66. The summed E-state index contributed by atoms with van der Waals surface area (Å²) in [6.45, 7) is 2.18. The molecule has 0 spiro atoms. The molecule has 76 valence electrons. The van der Waals surface area contributed by atoms with Crippen LogP contribution in [0.25, 0.3) is 0 Å². The highest BCUT2D eigenvalue weighted by Crippen LogP contribution is 2.51. The average Bonchev–Trinajstić information content (AvgIpc) is 2.91. The largest absolute Gasteiger partial charge is 0.481 e. The Morgan fingerprint density at radius 2 is 2.43 bits per heavy atom. The second-order valence-corrected chi connectivity index (χ2v) is 3.94. The molecule has 1 fully saturated rings. The molecule has 0 aliphatic heterocycles. The minimum atomic E-state index is -0.117. The first-order chi connectivity index (χ1) is 6.70. The number of rotatable bonds is 3. The van der Waals surface area contributed by atoms with Gasteiger partial charge in [-0.2, -0.15) is 0 Å². The number of methoxy groups -OCH3 is 1. The van der Waals surface area contributed by atoms with Gasteiger partial charge < -0.3 is 10.5 Å². The Hall–Kier alpha value is -1.09. The van der Waals surface area contributed by atoms with Crippen LogP contribution in [-0.2, 0) is 5.54 Å². The van der Waals surface area contributed by atoms with E-state index in [4.69, 9.17) is 10.5 Å². The molecule has 2 atom stereocenters. The summed E-state index contributed by atoms with van der Waals surface area (Å²) in [7, 11) is 1.62. The standard InChI is InChI=1S/C11H16N2O/c1-3-8-6-11(8,12)9-4-5-10(14-2)13-7-9/h4-5,7-8H,3,6,12H2,1-2H3. The van der Waals surface area contributed by atoms with Crippen LogP contribution in [0.15, 0.2) is 18.3 Å². The van der Waals surface area contributed by atoms with Gasteiger partial charge in [-0.3, -0.25) is 0 Å². The van der Waals surface area contributed by atoms with Crippen molar-refractivity contribution in [3.63, 3.8) is 0 Å².